The van der Waals surface area contributed by atoms with Crippen LogP contribution in [0.2, 0.25) is 0 Å². The maximum absolute atomic E-state index is 10.1. The number of nitrogens with two attached hydrogens (primary N) is 1. The van der Waals surface area contributed by atoms with Crippen molar-refractivity contribution in [2.24, 2.45) is 5.11 Å². The van der Waals surface area contributed by atoms with E-state index in [1.165, 1.54) is 10.9 Å². The fourth-order valence-corrected chi connectivity index (χ4v) is 2.36. The number of aliphatic hydroxyl groups is 3. The molecule has 2 aromatic heterocycles. The van der Waals surface area contributed by atoms with E-state index in [1.54, 1.807) is 0 Å². The number of fused-ring (bicyclic) bond motifs is 1. The van der Waals surface area contributed by atoms with E-state index in [2.05, 4.69) is 25.0 Å². The van der Waals surface area contributed by atoms with Crippen molar-refractivity contribution in [1.82, 2.24) is 24.4 Å². The number of anilines is 1. The number of hydrogen-bond acceptors (Lipinski definition) is 10. The highest BCUT2D eigenvalue weighted by atomic mass is 16.6. The second-order valence-corrected chi connectivity index (χ2v) is 4.64. The molecule has 116 valence electrons. The van der Waals surface area contributed by atoms with Crippen LogP contribution in [0.3, 0.4) is 0 Å². The van der Waals surface area contributed by atoms with Gasteiger partial charge in [-0.15, -0.1) is 0 Å². The van der Waals surface area contributed by atoms with Crippen LogP contribution in [-0.2, 0) is 4.74 Å². The topological polar surface area (TPSA) is 190 Å². The molecule has 3 heterocycles. The molecule has 1 saturated heterocycles. The molecule has 1 aliphatic heterocycles. The molecule has 0 spiro atoms. The van der Waals surface area contributed by atoms with Gasteiger partial charge < -0.3 is 25.8 Å². The molecule has 0 bridgehead atoms. The summed E-state index contributed by atoms with van der Waals surface area (Å²) in [6, 6.07) is 0. The van der Waals surface area contributed by atoms with Gasteiger partial charge in [-0.3, -0.25) is 4.57 Å². The maximum atomic E-state index is 10.1. The summed E-state index contributed by atoms with van der Waals surface area (Å²) >= 11 is 0. The van der Waals surface area contributed by atoms with Crippen LogP contribution in [-0.4, -0.2) is 59.8 Å². The van der Waals surface area contributed by atoms with Gasteiger partial charge in [0.15, 0.2) is 28.3 Å². The zero-order valence-corrected chi connectivity index (χ0v) is 11.1. The smallest absolute Gasteiger partial charge is 0.321 e. The van der Waals surface area contributed by atoms with Crippen molar-refractivity contribution in [3.8, 4) is 0 Å². The predicted octanol–water partition coefficient (Wildman–Crippen LogP) is -1.80. The van der Waals surface area contributed by atoms with Crippen molar-refractivity contribution in [2.45, 2.75) is 24.5 Å². The second kappa shape index (κ2) is 5.36. The van der Waals surface area contributed by atoms with Crippen molar-refractivity contribution in [3.63, 3.8) is 0 Å². The average molecular weight is 309 g/mol. The number of ether oxygens (including phenoxy) is 1. The zero-order chi connectivity index (χ0) is 15.9. The lowest BCUT2D eigenvalue weighted by atomic mass is 10.1. The van der Waals surface area contributed by atoms with Crippen molar-refractivity contribution in [2.75, 3.05) is 12.3 Å². The summed E-state index contributed by atoms with van der Waals surface area (Å²) in [6.45, 7) is -0.478. The summed E-state index contributed by atoms with van der Waals surface area (Å²) in [5.41, 5.74) is 13.0. The molecule has 0 aliphatic carbocycles. The lowest BCUT2D eigenvalue weighted by molar-refractivity contribution is -0.0503. The van der Waals surface area contributed by atoms with E-state index in [9.17, 15) is 10.2 Å². The van der Waals surface area contributed by atoms with Crippen LogP contribution in [0.4, 0.5) is 11.8 Å². The Hall–Kier alpha value is -2.50. The maximum Gasteiger partial charge on any atom is 0.321 e. The highest BCUT2D eigenvalue weighted by Crippen LogP contribution is 2.35. The second-order valence-electron chi connectivity index (χ2n) is 4.64. The number of rotatable bonds is 3. The molecular formula is C10H13N8O4+. The minimum atomic E-state index is -1.36. The van der Waals surface area contributed by atoms with Crippen LogP contribution in [0.25, 0.3) is 11.2 Å². The van der Waals surface area contributed by atoms with Gasteiger partial charge in [0.25, 0.3) is 0 Å². The first-order chi connectivity index (χ1) is 10.6. The Bertz CT molecular complexity index is 757. The summed E-state index contributed by atoms with van der Waals surface area (Å²) in [6.07, 6.45) is -3.55. The number of nitrogens with zero attached hydrogens (tertiary/aromatic N) is 6. The van der Waals surface area contributed by atoms with Crippen LogP contribution >= 0.6 is 0 Å². The van der Waals surface area contributed by atoms with E-state index in [4.69, 9.17) is 21.1 Å². The fraction of sp³-hybridized carbons (Fsp3) is 0.500. The molecule has 0 amide bonds. The highest BCUT2D eigenvalue weighted by molar-refractivity contribution is 5.83. The number of nitrogen functional groups attached to an aromatic ring is 1. The first-order valence-corrected chi connectivity index (χ1v) is 6.26. The van der Waals surface area contributed by atoms with Crippen LogP contribution in [0.5, 0.6) is 0 Å². The van der Waals surface area contributed by atoms with Crippen LogP contribution in [0, 0.1) is 5.53 Å². The normalized spacial score (nSPS) is 28.0. The molecule has 1 fully saturated rings. The first-order valence-electron chi connectivity index (χ1n) is 6.26. The molecule has 22 heavy (non-hydrogen) atoms. The summed E-state index contributed by atoms with van der Waals surface area (Å²) in [5.74, 6) is -0.0102. The molecule has 12 heteroatoms. The molecule has 6 N–H and O–H groups in total. The molecule has 2 aromatic rings. The zero-order valence-electron chi connectivity index (χ0n) is 11.1. The van der Waals surface area contributed by atoms with Crippen LogP contribution < -0.4 is 10.6 Å². The summed E-state index contributed by atoms with van der Waals surface area (Å²) in [5, 5.41) is 32.7. The Balaban J connectivity index is 2.19. The third-order valence-corrected chi connectivity index (χ3v) is 3.40. The largest absolute Gasteiger partial charge is 0.394 e. The van der Waals surface area contributed by atoms with Crippen molar-refractivity contribution in [1.29, 1.82) is 5.53 Å². The van der Waals surface area contributed by atoms with Gasteiger partial charge in [0, 0.05) is 0 Å². The number of imidazole rings is 1. The molecule has 4 unspecified atom stereocenters. The highest BCUT2D eigenvalue weighted by Gasteiger charge is 2.45. The number of nitrogens with one attached hydrogen (secondary N) is 1. The molecular weight excluding hydrogens is 296 g/mol. The summed E-state index contributed by atoms with van der Waals surface area (Å²) in [7, 11) is 0. The van der Waals surface area contributed by atoms with Gasteiger partial charge in [-0.25, -0.2) is 9.97 Å². The van der Waals surface area contributed by atoms with E-state index in [-0.39, 0.29) is 22.9 Å². The van der Waals surface area contributed by atoms with Crippen molar-refractivity contribution >= 4 is 22.9 Å². The third-order valence-electron chi connectivity index (χ3n) is 3.40. The Kier molecular flexibility index (Phi) is 3.52. The van der Waals surface area contributed by atoms with E-state index in [0.29, 0.717) is 0 Å². The number of aliphatic hydroxyl groups excluding tert-OH is 3. The third kappa shape index (κ3) is 2.03. The van der Waals surface area contributed by atoms with Gasteiger partial charge in [0.05, 0.1) is 6.61 Å². The number of hydrogen-bond donors (Lipinski definition) is 5. The summed E-state index contributed by atoms with van der Waals surface area (Å²) in [4.78, 5) is 14.8. The summed E-state index contributed by atoms with van der Waals surface area (Å²) < 4.78 is 6.67. The van der Waals surface area contributed by atoms with Gasteiger partial charge in [0.2, 0.25) is 4.91 Å². The SMILES string of the molecule is N=[N+]=Nc1nc2c(N)ncnc2n1C1OC(CO)C(O)C1O. The average Bonchev–Trinajstić information content (AvgIpc) is 3.00. The Morgan fingerprint density at radius 1 is 1.41 bits per heavy atom. The first kappa shape index (κ1) is 14.4. The van der Waals surface area contributed by atoms with Gasteiger partial charge in [-0.1, -0.05) is 0 Å². The molecule has 3 rings (SSSR count). The standard InChI is InChI=1S/C10H12N8O4/c11-7-4-8(14-2-13-7)18(10(15-4)16-17-12)9-6(21)5(20)3(1-19)22-9/h2-3,5-6,9,11-12,19-21H,1H2/p+1. The van der Waals surface area contributed by atoms with E-state index < -0.39 is 31.1 Å². The van der Waals surface area contributed by atoms with Crippen molar-refractivity contribution in [3.05, 3.63) is 6.33 Å². The predicted molar refractivity (Wildman–Crippen MR) is 69.7 cm³/mol. The molecule has 12 nitrogen and oxygen atoms in total. The Labute approximate surface area is 122 Å². The quantitative estimate of drug-likeness (QED) is 0.324. The lowest BCUT2D eigenvalue weighted by Gasteiger charge is -2.16. The number of aromatic nitrogens is 4. The van der Waals surface area contributed by atoms with E-state index in [0.717, 1.165) is 0 Å². The van der Waals surface area contributed by atoms with E-state index in [1.807, 2.05) is 0 Å². The van der Waals surface area contributed by atoms with E-state index >= 15 is 0 Å². The van der Waals surface area contributed by atoms with Gasteiger partial charge in [-0.05, 0) is 0 Å². The lowest BCUT2D eigenvalue weighted by Crippen LogP contribution is -2.33. The molecule has 0 radical (unpaired) electrons. The monoisotopic (exact) mass is 309 g/mol. The van der Waals surface area contributed by atoms with Crippen LogP contribution in [0.1, 0.15) is 6.23 Å². The van der Waals surface area contributed by atoms with Gasteiger partial charge >= 0.3 is 5.95 Å². The molecule has 4 atom stereocenters. The minimum Gasteiger partial charge on any atom is -0.394 e. The van der Waals surface area contributed by atoms with Gasteiger partial charge in [-0.2, -0.15) is 4.98 Å². The fourth-order valence-electron chi connectivity index (χ4n) is 2.36. The molecule has 1 aliphatic rings. The minimum absolute atomic E-state index is 0.0805. The Morgan fingerprint density at radius 3 is 2.82 bits per heavy atom. The van der Waals surface area contributed by atoms with Crippen molar-refractivity contribution < 1.29 is 20.1 Å². The molecule has 0 aromatic carbocycles. The molecule has 0 saturated carbocycles. The van der Waals surface area contributed by atoms with Gasteiger partial charge in [0.1, 0.15) is 30.2 Å². The Morgan fingerprint density at radius 2 is 2.18 bits per heavy atom. The van der Waals surface area contributed by atoms with Crippen LogP contribution in [0.15, 0.2) is 11.4 Å².